The fraction of sp³-hybridized carbons (Fsp3) is 0.667. The van der Waals surface area contributed by atoms with Gasteiger partial charge in [-0.25, -0.2) is 4.79 Å². The molecule has 1 aliphatic heterocycles. The van der Waals surface area contributed by atoms with Gasteiger partial charge in [0.2, 0.25) is 0 Å². The first-order chi connectivity index (χ1) is 7.45. The maximum atomic E-state index is 11.5. The molecule has 0 radical (unpaired) electrons. The van der Waals surface area contributed by atoms with E-state index >= 15 is 0 Å². The highest BCUT2D eigenvalue weighted by Crippen LogP contribution is 2.17. The fourth-order valence-electron chi connectivity index (χ4n) is 1.28. The Balaban J connectivity index is 2.79. The summed E-state index contributed by atoms with van der Waals surface area (Å²) < 4.78 is 4.98. The smallest absolute Gasteiger partial charge is 0.325 e. The minimum atomic E-state index is -1.61. The average Bonchev–Trinajstić information content (AvgIpc) is 2.53. The second kappa shape index (κ2) is 4.48. The van der Waals surface area contributed by atoms with Crippen LogP contribution in [0.15, 0.2) is 0 Å². The van der Waals surface area contributed by atoms with Crippen molar-refractivity contribution in [1.29, 1.82) is 0 Å². The molecule has 0 aliphatic carbocycles. The van der Waals surface area contributed by atoms with E-state index in [4.69, 9.17) is 10.5 Å². The maximum Gasteiger partial charge on any atom is 0.325 e. The second-order valence-electron chi connectivity index (χ2n) is 3.52. The monoisotopic (exact) mass is 229 g/mol. The summed E-state index contributed by atoms with van der Waals surface area (Å²) in [4.78, 5) is 33.9. The Morgan fingerprint density at radius 1 is 1.50 bits per heavy atom. The lowest BCUT2D eigenvalue weighted by Gasteiger charge is -2.25. The normalized spacial score (nSPS) is 25.9. The van der Waals surface area contributed by atoms with Gasteiger partial charge >= 0.3 is 12.0 Å². The van der Waals surface area contributed by atoms with Gasteiger partial charge in [0.1, 0.15) is 6.04 Å². The van der Waals surface area contributed by atoms with Crippen molar-refractivity contribution >= 4 is 17.9 Å². The summed E-state index contributed by atoms with van der Waals surface area (Å²) in [6.07, 6.45) is 0.543. The second-order valence-corrected chi connectivity index (χ2v) is 3.52. The number of nitrogens with two attached hydrogens (primary N) is 1. The predicted octanol–water partition coefficient (Wildman–Crippen LogP) is -0.787. The molecule has 16 heavy (non-hydrogen) atoms. The first kappa shape index (κ1) is 12.4. The highest BCUT2D eigenvalue weighted by atomic mass is 16.6. The molecule has 90 valence electrons. The molecule has 3 amide bonds. The van der Waals surface area contributed by atoms with Gasteiger partial charge < -0.3 is 10.5 Å². The van der Waals surface area contributed by atoms with Crippen LogP contribution in [0, 0.1) is 0 Å². The Morgan fingerprint density at radius 2 is 2.12 bits per heavy atom. The number of amides is 3. The zero-order chi connectivity index (χ0) is 12.3. The molecule has 2 atom stereocenters. The van der Waals surface area contributed by atoms with Gasteiger partial charge in [-0.15, -0.1) is 0 Å². The van der Waals surface area contributed by atoms with Crippen LogP contribution in [0.3, 0.4) is 0 Å². The quantitative estimate of drug-likeness (QED) is 0.432. The van der Waals surface area contributed by atoms with E-state index in [2.05, 4.69) is 5.32 Å². The van der Waals surface area contributed by atoms with Crippen LogP contribution in [0.4, 0.5) is 4.79 Å². The van der Waals surface area contributed by atoms with E-state index in [9.17, 15) is 14.4 Å². The molecule has 0 saturated carbocycles. The van der Waals surface area contributed by atoms with Crippen molar-refractivity contribution in [2.45, 2.75) is 38.5 Å². The molecule has 1 saturated heterocycles. The molecule has 1 aliphatic rings. The Kier molecular flexibility index (Phi) is 3.48. The fourth-order valence-corrected chi connectivity index (χ4v) is 1.28. The topological polar surface area (TPSA) is 111 Å². The van der Waals surface area contributed by atoms with Gasteiger partial charge in [0.25, 0.3) is 11.6 Å². The number of imide groups is 1. The van der Waals surface area contributed by atoms with Gasteiger partial charge in [-0.3, -0.25) is 20.2 Å². The number of urea groups is 1. The van der Waals surface area contributed by atoms with Gasteiger partial charge in [-0.05, 0) is 6.42 Å². The number of carbonyl (C=O) groups excluding carboxylic acids is 3. The first-order valence-electron chi connectivity index (χ1n) is 5.07. The molecule has 1 rings (SSSR count). The van der Waals surface area contributed by atoms with E-state index in [1.165, 1.54) is 0 Å². The van der Waals surface area contributed by atoms with Crippen LogP contribution in [0.2, 0.25) is 0 Å². The largest absolute Gasteiger partial charge is 0.428 e. The molecule has 0 bridgehead atoms. The summed E-state index contributed by atoms with van der Waals surface area (Å²) in [7, 11) is 0. The van der Waals surface area contributed by atoms with Gasteiger partial charge in [-0.1, -0.05) is 13.8 Å². The number of esters is 1. The predicted molar refractivity (Wildman–Crippen MR) is 54.1 cm³/mol. The molecule has 1 heterocycles. The Hall–Kier alpha value is -1.63. The number of rotatable bonds is 4. The van der Waals surface area contributed by atoms with E-state index < -0.39 is 29.7 Å². The van der Waals surface area contributed by atoms with Crippen molar-refractivity contribution in [2.75, 3.05) is 0 Å². The minimum absolute atomic E-state index is 0.146. The highest BCUT2D eigenvalue weighted by Gasteiger charge is 2.48. The van der Waals surface area contributed by atoms with Crippen molar-refractivity contribution in [2.24, 2.45) is 5.73 Å². The Labute approximate surface area is 92.7 Å². The molecule has 0 aromatic carbocycles. The van der Waals surface area contributed by atoms with Gasteiger partial charge in [0.05, 0.1) is 0 Å². The molecule has 0 aromatic heterocycles. The van der Waals surface area contributed by atoms with Crippen molar-refractivity contribution < 1.29 is 19.1 Å². The summed E-state index contributed by atoms with van der Waals surface area (Å²) in [5.74, 6) is -1.38. The molecular weight excluding hydrogens is 214 g/mol. The maximum absolute atomic E-state index is 11.5. The van der Waals surface area contributed by atoms with Crippen molar-refractivity contribution in [3.05, 3.63) is 0 Å². The third-order valence-corrected chi connectivity index (χ3v) is 2.42. The lowest BCUT2D eigenvalue weighted by molar-refractivity contribution is -0.169. The number of hydrogen-bond acceptors (Lipinski definition) is 5. The first-order valence-corrected chi connectivity index (χ1v) is 5.07. The zero-order valence-electron chi connectivity index (χ0n) is 9.20. The summed E-state index contributed by atoms with van der Waals surface area (Å²) in [5, 5.41) is 4.29. The van der Waals surface area contributed by atoms with Crippen LogP contribution < -0.4 is 16.4 Å². The van der Waals surface area contributed by atoms with E-state index in [0.717, 1.165) is 0 Å². The lowest BCUT2D eigenvalue weighted by Crippen LogP contribution is -2.52. The van der Waals surface area contributed by atoms with Gasteiger partial charge in [-0.2, -0.15) is 0 Å². The Bertz CT molecular complexity index is 331. The van der Waals surface area contributed by atoms with Crippen molar-refractivity contribution in [1.82, 2.24) is 10.6 Å². The van der Waals surface area contributed by atoms with Crippen LogP contribution >= 0.6 is 0 Å². The zero-order valence-corrected chi connectivity index (χ0v) is 9.20. The molecule has 7 nitrogen and oxygen atoms in total. The number of carbonyl (C=O) groups is 3. The molecule has 1 fully saturated rings. The van der Waals surface area contributed by atoms with Gasteiger partial charge in [0, 0.05) is 6.42 Å². The third kappa shape index (κ3) is 2.13. The highest BCUT2D eigenvalue weighted by molar-refractivity contribution is 6.06. The van der Waals surface area contributed by atoms with E-state index in [0.29, 0.717) is 6.42 Å². The van der Waals surface area contributed by atoms with Crippen LogP contribution in [-0.2, 0) is 14.3 Å². The van der Waals surface area contributed by atoms with Crippen LogP contribution in [0.5, 0.6) is 0 Å². The molecule has 2 unspecified atom stereocenters. The van der Waals surface area contributed by atoms with Crippen molar-refractivity contribution in [3.8, 4) is 0 Å². The molecule has 0 aromatic rings. The van der Waals surface area contributed by atoms with E-state index in [-0.39, 0.29) is 6.42 Å². The standard InChI is InChI=1S/C9H15N3O4/c1-3-5(10)6(13)16-9(4-2)7(14)11-8(15)12-9/h5H,3-4,10H2,1-2H3,(H2,11,12,14,15). The molecule has 7 heteroatoms. The SMILES string of the molecule is CCC(N)C(=O)OC1(CC)NC(=O)NC1=O. The van der Waals surface area contributed by atoms with Gasteiger partial charge in [0.15, 0.2) is 0 Å². The number of hydrogen-bond donors (Lipinski definition) is 3. The summed E-state index contributed by atoms with van der Waals surface area (Å²) in [6.45, 7) is 3.34. The average molecular weight is 229 g/mol. The molecular formula is C9H15N3O4. The van der Waals surface area contributed by atoms with E-state index in [1.54, 1.807) is 13.8 Å². The number of nitrogens with one attached hydrogen (secondary N) is 2. The lowest BCUT2D eigenvalue weighted by atomic mass is 10.1. The molecule has 4 N–H and O–H groups in total. The third-order valence-electron chi connectivity index (χ3n) is 2.42. The van der Waals surface area contributed by atoms with Crippen LogP contribution in [-0.4, -0.2) is 29.7 Å². The van der Waals surface area contributed by atoms with Crippen molar-refractivity contribution in [3.63, 3.8) is 0 Å². The minimum Gasteiger partial charge on any atom is -0.428 e. The van der Waals surface area contributed by atoms with E-state index in [1.807, 2.05) is 5.32 Å². The van der Waals surface area contributed by atoms with Crippen LogP contribution in [0.25, 0.3) is 0 Å². The summed E-state index contributed by atoms with van der Waals surface area (Å²) in [6, 6.07) is -1.47. The molecule has 0 spiro atoms. The summed E-state index contributed by atoms with van der Waals surface area (Å²) in [5.41, 5.74) is 3.86. The van der Waals surface area contributed by atoms with Crippen LogP contribution in [0.1, 0.15) is 26.7 Å². The number of ether oxygens (including phenoxy) is 1. The summed E-state index contributed by atoms with van der Waals surface area (Å²) >= 11 is 0. The Morgan fingerprint density at radius 3 is 2.50 bits per heavy atom.